The lowest BCUT2D eigenvalue weighted by molar-refractivity contribution is -0.154. The van der Waals surface area contributed by atoms with Crippen LogP contribution >= 0.6 is 0 Å². The van der Waals surface area contributed by atoms with Crippen LogP contribution in [0.15, 0.2) is 35.3 Å². The van der Waals surface area contributed by atoms with Gasteiger partial charge in [-0.3, -0.25) is 14.9 Å². The van der Waals surface area contributed by atoms with Gasteiger partial charge in [0.2, 0.25) is 0 Å². The summed E-state index contributed by atoms with van der Waals surface area (Å²) in [4.78, 5) is 29.7. The van der Waals surface area contributed by atoms with Crippen LogP contribution in [-0.2, 0) is 27.9 Å². The average Bonchev–Trinajstić information content (AvgIpc) is 3.44. The predicted molar refractivity (Wildman–Crippen MR) is 133 cm³/mol. The molecule has 0 bridgehead atoms. The van der Waals surface area contributed by atoms with E-state index >= 15 is 0 Å². The first kappa shape index (κ1) is 25.1. The molecular weight excluding hydrogens is 448 g/mol. The van der Waals surface area contributed by atoms with Gasteiger partial charge in [-0.2, -0.15) is 0 Å². The van der Waals surface area contributed by atoms with E-state index in [2.05, 4.69) is 23.7 Å². The van der Waals surface area contributed by atoms with Gasteiger partial charge in [-0.05, 0) is 51.5 Å². The lowest BCUT2D eigenvalue weighted by Gasteiger charge is -2.22. The average molecular weight is 483 g/mol. The molecule has 3 atom stereocenters. The fraction of sp³-hybridized carbons (Fsp3) is 0.500. The highest BCUT2D eigenvalue weighted by atomic mass is 16.6. The molecule has 0 aliphatic carbocycles. The summed E-state index contributed by atoms with van der Waals surface area (Å²) in [5.74, 6) is 0.316. The van der Waals surface area contributed by atoms with Crippen LogP contribution in [0.2, 0.25) is 0 Å². The Morgan fingerprint density at radius 2 is 2.09 bits per heavy atom. The molecule has 2 aromatic heterocycles. The molecular formula is C26H34N4O5. The highest BCUT2D eigenvalue weighted by molar-refractivity contribution is 5.81. The van der Waals surface area contributed by atoms with E-state index in [1.165, 1.54) is 0 Å². The summed E-state index contributed by atoms with van der Waals surface area (Å²) < 4.78 is 14.5. The van der Waals surface area contributed by atoms with E-state index in [0.29, 0.717) is 31.7 Å². The number of pyridine rings is 1. The van der Waals surface area contributed by atoms with E-state index in [-0.39, 0.29) is 17.7 Å². The second-order valence-corrected chi connectivity index (χ2v) is 9.57. The van der Waals surface area contributed by atoms with Crippen molar-refractivity contribution in [2.45, 2.75) is 65.0 Å². The number of nitrogens with one attached hydrogen (secondary N) is 1. The third kappa shape index (κ3) is 5.32. The zero-order valence-corrected chi connectivity index (χ0v) is 20.9. The minimum Gasteiger partial charge on any atom is -0.459 e. The maximum absolute atomic E-state index is 12.6. The Balaban J connectivity index is 1.59. The highest BCUT2D eigenvalue weighted by Gasteiger charge is 2.29. The molecule has 2 N–H and O–H groups in total. The van der Waals surface area contributed by atoms with Gasteiger partial charge in [-0.25, -0.2) is 4.98 Å². The van der Waals surface area contributed by atoms with Crippen molar-refractivity contribution in [1.82, 2.24) is 19.4 Å². The van der Waals surface area contributed by atoms with Gasteiger partial charge in [0, 0.05) is 43.4 Å². The number of esters is 1. The van der Waals surface area contributed by atoms with Gasteiger partial charge in [-0.1, -0.05) is 6.07 Å². The molecule has 2 unspecified atom stereocenters. The van der Waals surface area contributed by atoms with Crippen molar-refractivity contribution in [1.29, 1.82) is 0 Å². The number of nitrogens with zero attached hydrogens (tertiary/aromatic N) is 3. The van der Waals surface area contributed by atoms with Crippen LogP contribution in [0.5, 0.6) is 0 Å². The number of aryl methyl sites for hydroxylation is 2. The zero-order valence-electron chi connectivity index (χ0n) is 20.9. The Kier molecular flexibility index (Phi) is 7.39. The van der Waals surface area contributed by atoms with Crippen molar-refractivity contribution in [3.05, 3.63) is 51.9 Å². The van der Waals surface area contributed by atoms with Gasteiger partial charge in [0.05, 0.1) is 30.4 Å². The predicted octanol–water partition coefficient (Wildman–Crippen LogP) is 2.46. The summed E-state index contributed by atoms with van der Waals surface area (Å²) in [6, 6.07) is 7.17. The molecule has 3 aromatic rings. The molecule has 1 aliphatic heterocycles. The van der Waals surface area contributed by atoms with Crippen molar-refractivity contribution in [3.63, 3.8) is 0 Å². The third-order valence-electron chi connectivity index (χ3n) is 6.32. The molecule has 1 aromatic carbocycles. The largest absolute Gasteiger partial charge is 0.459 e. The Bertz CT molecular complexity index is 1240. The zero-order chi connectivity index (χ0) is 25.3. The molecule has 0 amide bonds. The van der Waals surface area contributed by atoms with E-state index in [4.69, 9.17) is 14.5 Å². The molecule has 0 radical (unpaired) electrons. The third-order valence-corrected chi connectivity index (χ3v) is 6.32. The molecule has 1 saturated heterocycles. The second-order valence-electron chi connectivity index (χ2n) is 9.57. The monoisotopic (exact) mass is 482 g/mol. The molecule has 9 nitrogen and oxygen atoms in total. The van der Waals surface area contributed by atoms with Crippen molar-refractivity contribution >= 4 is 17.0 Å². The molecule has 1 aliphatic rings. The van der Waals surface area contributed by atoms with Crippen LogP contribution in [0.3, 0.4) is 0 Å². The molecule has 35 heavy (non-hydrogen) atoms. The number of rotatable bonds is 8. The van der Waals surface area contributed by atoms with Crippen LogP contribution in [0.1, 0.15) is 44.4 Å². The van der Waals surface area contributed by atoms with E-state index in [0.717, 1.165) is 28.0 Å². The van der Waals surface area contributed by atoms with Gasteiger partial charge >= 0.3 is 5.97 Å². The Morgan fingerprint density at radius 1 is 1.31 bits per heavy atom. The summed E-state index contributed by atoms with van der Waals surface area (Å²) in [6.07, 6.45) is 1.31. The van der Waals surface area contributed by atoms with Crippen LogP contribution in [0.25, 0.3) is 22.4 Å². The quantitative estimate of drug-likeness (QED) is 0.475. The second kappa shape index (κ2) is 10.3. The number of hydrogen-bond donors (Lipinski definition) is 2. The van der Waals surface area contributed by atoms with E-state index in [1.807, 2.05) is 30.5 Å². The molecule has 4 rings (SSSR count). The number of benzene rings is 1. The number of carbonyl (C=O) groups is 1. The lowest BCUT2D eigenvalue weighted by Crippen LogP contribution is -2.46. The first-order chi connectivity index (χ1) is 16.7. The molecule has 1 fully saturated rings. The summed E-state index contributed by atoms with van der Waals surface area (Å²) in [5, 5.41) is 13.3. The van der Waals surface area contributed by atoms with Gasteiger partial charge < -0.3 is 23.7 Å². The van der Waals surface area contributed by atoms with Crippen molar-refractivity contribution in [3.8, 4) is 11.4 Å². The normalized spacial score (nSPS) is 17.7. The number of carbonyl (C=O) groups excluding carboxylic acids is 1. The smallest absolute Gasteiger partial charge is 0.326 e. The number of aliphatic hydroxyl groups is 1. The van der Waals surface area contributed by atoms with Crippen molar-refractivity contribution in [2.24, 2.45) is 7.05 Å². The number of fused-ring (bicyclic) bond motifs is 1. The van der Waals surface area contributed by atoms with Crippen LogP contribution in [-0.4, -0.2) is 56.7 Å². The van der Waals surface area contributed by atoms with Gasteiger partial charge in [0.1, 0.15) is 18.0 Å². The molecule has 0 spiro atoms. The number of imidazole rings is 1. The first-order valence-electron chi connectivity index (χ1n) is 12.0. The van der Waals surface area contributed by atoms with Gasteiger partial charge in [0.25, 0.3) is 5.56 Å². The summed E-state index contributed by atoms with van der Waals surface area (Å²) in [7, 11) is 1.74. The SMILES string of the molecule is Cc1cc(-c2nc3cc(CNC(C(=O)O[C@@H]4CCOC4)C(C)O)ccc3n2C(C)C)cn(C)c1=O. The Hall–Kier alpha value is -3.01. The van der Waals surface area contributed by atoms with Crippen molar-refractivity contribution < 1.29 is 19.4 Å². The van der Waals surface area contributed by atoms with E-state index in [1.54, 1.807) is 25.5 Å². The fourth-order valence-electron chi connectivity index (χ4n) is 4.50. The van der Waals surface area contributed by atoms with Gasteiger partial charge in [-0.15, -0.1) is 0 Å². The topological polar surface area (TPSA) is 108 Å². The van der Waals surface area contributed by atoms with Crippen LogP contribution in [0, 0.1) is 6.92 Å². The molecule has 3 heterocycles. The first-order valence-corrected chi connectivity index (χ1v) is 12.0. The summed E-state index contributed by atoms with van der Waals surface area (Å²) in [5.41, 5.74) is 4.24. The Morgan fingerprint density at radius 3 is 2.71 bits per heavy atom. The Labute approximate surface area is 204 Å². The number of aromatic nitrogens is 3. The molecule has 188 valence electrons. The van der Waals surface area contributed by atoms with Crippen LogP contribution < -0.4 is 10.9 Å². The molecule has 9 heteroatoms. The van der Waals surface area contributed by atoms with E-state index < -0.39 is 18.1 Å². The maximum atomic E-state index is 12.6. The minimum atomic E-state index is -0.909. The van der Waals surface area contributed by atoms with E-state index in [9.17, 15) is 14.7 Å². The van der Waals surface area contributed by atoms with Crippen molar-refractivity contribution in [2.75, 3.05) is 13.2 Å². The lowest BCUT2D eigenvalue weighted by atomic mass is 10.1. The highest BCUT2D eigenvalue weighted by Crippen LogP contribution is 2.29. The van der Waals surface area contributed by atoms with Crippen LogP contribution in [0.4, 0.5) is 0 Å². The van der Waals surface area contributed by atoms with Gasteiger partial charge in [0.15, 0.2) is 0 Å². The molecule has 0 saturated carbocycles. The summed E-state index contributed by atoms with van der Waals surface area (Å²) >= 11 is 0. The minimum absolute atomic E-state index is 0.0269. The number of ether oxygens (including phenoxy) is 2. The summed E-state index contributed by atoms with van der Waals surface area (Å²) in [6.45, 7) is 8.91. The number of hydrogen-bond acceptors (Lipinski definition) is 7. The number of aliphatic hydroxyl groups excluding tert-OH is 1. The fourth-order valence-corrected chi connectivity index (χ4v) is 4.50. The standard InChI is InChI=1S/C26H34N4O5/c1-15(2)30-22-7-6-18(12-27-23(17(4)31)26(33)35-20-8-9-34-14-20)11-21(22)28-24(30)19-10-16(3)25(32)29(5)13-19/h6-7,10-11,13,15,17,20,23,27,31H,8-9,12,14H2,1-5H3/t17?,20-,23?/m1/s1. The maximum Gasteiger partial charge on any atom is 0.326 e.